The van der Waals surface area contributed by atoms with E-state index >= 15 is 0 Å². The van der Waals surface area contributed by atoms with Gasteiger partial charge in [0.15, 0.2) is 0 Å². The van der Waals surface area contributed by atoms with Crippen LogP contribution in [-0.2, 0) is 16.4 Å². The first kappa shape index (κ1) is 20.8. The Morgan fingerprint density at radius 1 is 0.968 bits per heavy atom. The van der Waals surface area contributed by atoms with Crippen LogP contribution in [0.4, 0.5) is 30.6 Å². The number of nitrogens with one attached hydrogen (secondary N) is 2. The van der Waals surface area contributed by atoms with Gasteiger partial charge >= 0.3 is 6.03 Å². The quantitative estimate of drug-likeness (QED) is 0.615. The molecule has 6 nitrogen and oxygen atoms in total. The SMILES string of the molecule is Cc1ccc(S(=O)(=O)N2CCc3ccc(NC(=O)Nc4ccc(F)cc4F)cc32)cc1. The van der Waals surface area contributed by atoms with E-state index in [1.165, 1.54) is 4.31 Å². The third-order valence-electron chi connectivity index (χ3n) is 4.98. The van der Waals surface area contributed by atoms with Crippen molar-refractivity contribution in [3.8, 4) is 0 Å². The number of aryl methyl sites for hydroxylation is 1. The Morgan fingerprint density at radius 3 is 2.42 bits per heavy atom. The number of halogens is 2. The van der Waals surface area contributed by atoms with Crippen LogP contribution in [0.2, 0.25) is 0 Å². The molecule has 31 heavy (non-hydrogen) atoms. The van der Waals surface area contributed by atoms with Crippen molar-refractivity contribution < 1.29 is 22.0 Å². The zero-order valence-electron chi connectivity index (χ0n) is 16.5. The maximum Gasteiger partial charge on any atom is 0.323 e. The maximum atomic E-state index is 13.7. The molecule has 3 aromatic rings. The van der Waals surface area contributed by atoms with E-state index in [9.17, 15) is 22.0 Å². The Kier molecular flexibility index (Phi) is 5.36. The summed E-state index contributed by atoms with van der Waals surface area (Å²) in [6, 6.07) is 13.6. The molecule has 0 radical (unpaired) electrons. The number of carbonyl (C=O) groups is 1. The van der Waals surface area contributed by atoms with Crippen molar-refractivity contribution in [2.24, 2.45) is 0 Å². The molecule has 1 heterocycles. The molecule has 4 rings (SSSR count). The molecule has 0 unspecified atom stereocenters. The van der Waals surface area contributed by atoms with E-state index in [4.69, 9.17) is 0 Å². The lowest BCUT2D eigenvalue weighted by Crippen LogP contribution is -2.29. The van der Waals surface area contributed by atoms with Crippen molar-refractivity contribution in [3.05, 3.63) is 83.4 Å². The molecular formula is C22H19F2N3O3S. The Labute approximate surface area is 178 Å². The number of hydrogen-bond donors (Lipinski definition) is 2. The Morgan fingerprint density at radius 2 is 1.71 bits per heavy atom. The van der Waals surface area contributed by atoms with Gasteiger partial charge in [0.1, 0.15) is 11.6 Å². The first-order valence-corrected chi connectivity index (χ1v) is 10.9. The molecule has 0 saturated heterocycles. The number of amides is 2. The standard InChI is InChI=1S/C22H19F2N3O3S/c1-14-2-7-18(8-3-14)31(29,30)27-11-10-15-4-6-17(13-21(15)27)25-22(28)26-20-9-5-16(23)12-19(20)24/h2-9,12-13H,10-11H2,1H3,(H2,25,26,28). The molecule has 0 atom stereocenters. The van der Waals surface area contributed by atoms with Gasteiger partial charge in [0.05, 0.1) is 16.3 Å². The molecule has 9 heteroatoms. The Balaban J connectivity index is 1.55. The highest BCUT2D eigenvalue weighted by atomic mass is 32.2. The van der Waals surface area contributed by atoms with Gasteiger partial charge in [0.2, 0.25) is 0 Å². The van der Waals surface area contributed by atoms with Crippen LogP contribution in [0, 0.1) is 18.6 Å². The summed E-state index contributed by atoms with van der Waals surface area (Å²) >= 11 is 0. The third-order valence-corrected chi connectivity index (χ3v) is 6.81. The summed E-state index contributed by atoms with van der Waals surface area (Å²) < 4.78 is 54.3. The van der Waals surface area contributed by atoms with Crippen LogP contribution < -0.4 is 14.9 Å². The zero-order chi connectivity index (χ0) is 22.2. The number of rotatable bonds is 4. The fraction of sp³-hybridized carbons (Fsp3) is 0.136. The average molecular weight is 443 g/mol. The molecule has 0 aliphatic carbocycles. The van der Waals surface area contributed by atoms with Crippen LogP contribution in [0.15, 0.2) is 65.6 Å². The van der Waals surface area contributed by atoms with Gasteiger partial charge in [-0.25, -0.2) is 22.0 Å². The van der Waals surface area contributed by atoms with Crippen molar-refractivity contribution in [3.63, 3.8) is 0 Å². The monoisotopic (exact) mass is 443 g/mol. The Bertz CT molecular complexity index is 1260. The highest BCUT2D eigenvalue weighted by Gasteiger charge is 2.31. The summed E-state index contributed by atoms with van der Waals surface area (Å²) in [5, 5.41) is 4.85. The Hall–Kier alpha value is -3.46. The number of urea groups is 1. The van der Waals surface area contributed by atoms with Crippen LogP contribution in [0.25, 0.3) is 0 Å². The molecule has 0 spiro atoms. The lowest BCUT2D eigenvalue weighted by Gasteiger charge is -2.20. The van der Waals surface area contributed by atoms with Gasteiger partial charge in [-0.3, -0.25) is 4.31 Å². The summed E-state index contributed by atoms with van der Waals surface area (Å²) in [5.41, 5.74) is 2.43. The van der Waals surface area contributed by atoms with Crippen molar-refractivity contribution >= 4 is 33.1 Å². The number of anilines is 3. The van der Waals surface area contributed by atoms with E-state index < -0.39 is 27.7 Å². The molecule has 160 valence electrons. The van der Waals surface area contributed by atoms with Crippen molar-refractivity contribution in [2.75, 3.05) is 21.5 Å². The number of hydrogen-bond acceptors (Lipinski definition) is 3. The van der Waals surface area contributed by atoms with Gasteiger partial charge in [0.25, 0.3) is 10.0 Å². The second-order valence-corrected chi connectivity index (χ2v) is 9.05. The second-order valence-electron chi connectivity index (χ2n) is 7.19. The molecule has 0 bridgehead atoms. The summed E-state index contributed by atoms with van der Waals surface area (Å²) in [7, 11) is -3.75. The third kappa shape index (κ3) is 4.22. The predicted octanol–water partition coefficient (Wildman–Crippen LogP) is 4.67. The summed E-state index contributed by atoms with van der Waals surface area (Å²) in [5.74, 6) is -1.66. The molecule has 1 aliphatic rings. The molecule has 0 saturated carbocycles. The van der Waals surface area contributed by atoms with Crippen LogP contribution in [0.1, 0.15) is 11.1 Å². The lowest BCUT2D eigenvalue weighted by molar-refractivity contribution is 0.262. The van der Waals surface area contributed by atoms with Gasteiger partial charge in [-0.2, -0.15) is 0 Å². The number of carbonyl (C=O) groups excluding carboxylic acids is 1. The number of sulfonamides is 1. The van der Waals surface area contributed by atoms with Gasteiger partial charge in [-0.15, -0.1) is 0 Å². The molecule has 2 amide bonds. The van der Waals surface area contributed by atoms with E-state index in [1.54, 1.807) is 42.5 Å². The molecule has 1 aliphatic heterocycles. The predicted molar refractivity (Wildman–Crippen MR) is 115 cm³/mol. The number of benzene rings is 3. The molecule has 0 aromatic heterocycles. The van der Waals surface area contributed by atoms with Gasteiger partial charge in [-0.1, -0.05) is 23.8 Å². The van der Waals surface area contributed by atoms with Crippen LogP contribution in [0.5, 0.6) is 0 Å². The van der Waals surface area contributed by atoms with Crippen LogP contribution >= 0.6 is 0 Å². The normalized spacial score (nSPS) is 13.1. The minimum absolute atomic E-state index is 0.177. The van der Waals surface area contributed by atoms with E-state index in [0.717, 1.165) is 23.3 Å². The first-order valence-electron chi connectivity index (χ1n) is 9.49. The van der Waals surface area contributed by atoms with Crippen LogP contribution in [0.3, 0.4) is 0 Å². The van der Waals surface area contributed by atoms with Crippen molar-refractivity contribution in [2.45, 2.75) is 18.2 Å². The fourth-order valence-electron chi connectivity index (χ4n) is 3.39. The highest BCUT2D eigenvalue weighted by molar-refractivity contribution is 7.92. The smallest absolute Gasteiger partial charge is 0.308 e. The second kappa shape index (κ2) is 7.99. The van der Waals surface area contributed by atoms with Gasteiger partial charge in [-0.05, 0) is 55.3 Å². The lowest BCUT2D eigenvalue weighted by atomic mass is 10.1. The van der Waals surface area contributed by atoms with E-state index in [2.05, 4.69) is 10.6 Å². The van der Waals surface area contributed by atoms with Gasteiger partial charge < -0.3 is 10.6 Å². The summed E-state index contributed by atoms with van der Waals surface area (Å²) in [6.07, 6.45) is 0.549. The maximum absolute atomic E-state index is 13.7. The molecular weight excluding hydrogens is 424 g/mol. The van der Waals surface area contributed by atoms with Crippen molar-refractivity contribution in [1.29, 1.82) is 0 Å². The minimum Gasteiger partial charge on any atom is -0.308 e. The molecule has 2 N–H and O–H groups in total. The number of nitrogens with zero attached hydrogens (tertiary/aromatic N) is 1. The molecule has 3 aromatic carbocycles. The van der Waals surface area contributed by atoms with E-state index in [1.807, 2.05) is 6.92 Å². The summed E-state index contributed by atoms with van der Waals surface area (Å²) in [6.45, 7) is 2.17. The largest absolute Gasteiger partial charge is 0.323 e. The van der Waals surface area contributed by atoms with Gasteiger partial charge in [0, 0.05) is 18.3 Å². The van der Waals surface area contributed by atoms with Crippen LogP contribution in [-0.4, -0.2) is 21.0 Å². The average Bonchev–Trinajstić information content (AvgIpc) is 3.14. The van der Waals surface area contributed by atoms with Crippen molar-refractivity contribution in [1.82, 2.24) is 0 Å². The topological polar surface area (TPSA) is 78.5 Å². The minimum atomic E-state index is -3.75. The van der Waals surface area contributed by atoms with E-state index in [0.29, 0.717) is 30.4 Å². The highest BCUT2D eigenvalue weighted by Crippen LogP contribution is 2.35. The summed E-state index contributed by atoms with van der Waals surface area (Å²) in [4.78, 5) is 12.4. The molecule has 0 fully saturated rings. The van der Waals surface area contributed by atoms with E-state index in [-0.39, 0.29) is 10.6 Å². The number of fused-ring (bicyclic) bond motifs is 1. The zero-order valence-corrected chi connectivity index (χ0v) is 17.3. The first-order chi connectivity index (χ1) is 14.7. The fourth-order valence-corrected chi connectivity index (χ4v) is 4.89.